The van der Waals surface area contributed by atoms with Crippen molar-refractivity contribution >= 4 is 35.0 Å². The van der Waals surface area contributed by atoms with Crippen molar-refractivity contribution in [3.63, 3.8) is 0 Å². The molecule has 0 atom stereocenters. The van der Waals surface area contributed by atoms with Gasteiger partial charge in [-0.1, -0.05) is 11.6 Å². The zero-order valence-electron chi connectivity index (χ0n) is 10.2. The number of esters is 1. The topological polar surface area (TPSA) is 65.5 Å². The molecule has 0 amide bonds. The maximum atomic E-state index is 11.2. The van der Waals surface area contributed by atoms with E-state index in [1.165, 1.54) is 18.9 Å². The van der Waals surface area contributed by atoms with Crippen molar-refractivity contribution in [1.82, 2.24) is 0 Å². The van der Waals surface area contributed by atoms with Crippen LogP contribution in [0.4, 0.5) is 5.69 Å². The predicted octanol–water partition coefficient (Wildman–Crippen LogP) is 3.59. The highest BCUT2D eigenvalue weighted by Gasteiger charge is 2.11. The number of halogens is 1. The number of rotatable bonds is 4. The number of hydrogen-bond donors (Lipinski definition) is 1. The lowest BCUT2D eigenvalue weighted by Crippen LogP contribution is -1.98. The van der Waals surface area contributed by atoms with Crippen molar-refractivity contribution in [3.8, 4) is 0 Å². The van der Waals surface area contributed by atoms with Gasteiger partial charge < -0.3 is 14.9 Å². The number of carbonyl (C=O) groups excluding carboxylic acids is 1. The number of nitrogen functional groups attached to an aromatic ring is 1. The summed E-state index contributed by atoms with van der Waals surface area (Å²) >= 11 is 7.40. The van der Waals surface area contributed by atoms with Gasteiger partial charge in [0.1, 0.15) is 5.76 Å². The zero-order valence-corrected chi connectivity index (χ0v) is 11.8. The third-order valence-electron chi connectivity index (χ3n) is 2.39. The van der Waals surface area contributed by atoms with E-state index in [1.807, 2.05) is 0 Å². The number of methoxy groups -OCH3 is 1. The van der Waals surface area contributed by atoms with E-state index in [1.54, 1.807) is 30.3 Å². The lowest BCUT2D eigenvalue weighted by Gasteiger charge is -2.04. The molecule has 2 N–H and O–H groups in total. The molecule has 0 saturated heterocycles. The molecule has 2 aromatic rings. The number of hydrogen-bond acceptors (Lipinski definition) is 5. The summed E-state index contributed by atoms with van der Waals surface area (Å²) < 4.78 is 9.93. The van der Waals surface area contributed by atoms with Gasteiger partial charge in [-0.15, -0.1) is 11.8 Å². The SMILES string of the molecule is COC(=O)c1ccc(CSc2cc(Cl)ccc2N)o1. The molecule has 6 heteroatoms. The van der Waals surface area contributed by atoms with Crippen LogP contribution in [0.2, 0.25) is 5.02 Å². The molecule has 2 rings (SSSR count). The van der Waals surface area contributed by atoms with Gasteiger partial charge in [-0.2, -0.15) is 0 Å². The van der Waals surface area contributed by atoms with Crippen molar-refractivity contribution in [2.45, 2.75) is 10.6 Å². The summed E-state index contributed by atoms with van der Waals surface area (Å²) in [6.45, 7) is 0. The van der Waals surface area contributed by atoms with Crippen LogP contribution >= 0.6 is 23.4 Å². The molecule has 0 bridgehead atoms. The number of carbonyl (C=O) groups is 1. The van der Waals surface area contributed by atoms with Gasteiger partial charge in [0.25, 0.3) is 0 Å². The van der Waals surface area contributed by atoms with E-state index in [0.29, 0.717) is 22.2 Å². The Balaban J connectivity index is 2.04. The van der Waals surface area contributed by atoms with E-state index in [2.05, 4.69) is 4.74 Å². The first-order valence-electron chi connectivity index (χ1n) is 5.45. The molecule has 1 aromatic heterocycles. The molecule has 0 unspecified atom stereocenters. The second-order valence-corrected chi connectivity index (χ2v) is 5.18. The van der Waals surface area contributed by atoms with Gasteiger partial charge >= 0.3 is 5.97 Å². The number of furan rings is 1. The van der Waals surface area contributed by atoms with E-state index >= 15 is 0 Å². The second kappa shape index (κ2) is 6.04. The van der Waals surface area contributed by atoms with E-state index in [9.17, 15) is 4.79 Å². The molecule has 0 aliphatic carbocycles. The third kappa shape index (κ3) is 3.45. The summed E-state index contributed by atoms with van der Waals surface area (Å²) in [5, 5.41) is 0.631. The van der Waals surface area contributed by atoms with Crippen molar-refractivity contribution < 1.29 is 13.9 Å². The summed E-state index contributed by atoms with van der Waals surface area (Å²) in [4.78, 5) is 12.1. The molecule has 4 nitrogen and oxygen atoms in total. The average molecular weight is 298 g/mol. The van der Waals surface area contributed by atoms with E-state index in [4.69, 9.17) is 21.8 Å². The lowest BCUT2D eigenvalue weighted by molar-refractivity contribution is 0.0563. The van der Waals surface area contributed by atoms with Crippen LogP contribution in [-0.2, 0) is 10.5 Å². The van der Waals surface area contributed by atoms with Crippen LogP contribution in [0, 0.1) is 0 Å². The van der Waals surface area contributed by atoms with Crippen LogP contribution in [0.5, 0.6) is 0 Å². The minimum Gasteiger partial charge on any atom is -0.463 e. The predicted molar refractivity (Wildman–Crippen MR) is 75.5 cm³/mol. The van der Waals surface area contributed by atoms with Crippen molar-refractivity contribution in [3.05, 3.63) is 46.9 Å². The highest BCUT2D eigenvalue weighted by molar-refractivity contribution is 7.98. The molecule has 1 aromatic carbocycles. The van der Waals surface area contributed by atoms with Gasteiger partial charge in [0.15, 0.2) is 0 Å². The van der Waals surface area contributed by atoms with E-state index < -0.39 is 5.97 Å². The molecule has 0 spiro atoms. The van der Waals surface area contributed by atoms with Crippen LogP contribution in [0.25, 0.3) is 0 Å². The Bertz CT molecular complexity index is 597. The smallest absolute Gasteiger partial charge is 0.373 e. The monoisotopic (exact) mass is 297 g/mol. The molecular formula is C13H12ClNO3S. The molecule has 100 valence electrons. The first-order valence-corrected chi connectivity index (χ1v) is 6.81. The van der Waals surface area contributed by atoms with Crippen LogP contribution in [0.15, 0.2) is 39.6 Å². The first kappa shape index (κ1) is 13.8. The molecule has 0 radical (unpaired) electrons. The summed E-state index contributed by atoms with van der Waals surface area (Å²) in [6.07, 6.45) is 0. The summed E-state index contributed by atoms with van der Waals surface area (Å²) in [6, 6.07) is 8.62. The number of nitrogens with two attached hydrogens (primary N) is 1. The molecule has 0 saturated carbocycles. The quantitative estimate of drug-likeness (QED) is 0.531. The van der Waals surface area contributed by atoms with E-state index in [-0.39, 0.29) is 5.76 Å². The van der Waals surface area contributed by atoms with Crippen molar-refractivity contribution in [2.75, 3.05) is 12.8 Å². The average Bonchev–Trinajstić information content (AvgIpc) is 2.88. The minimum atomic E-state index is -0.487. The van der Waals surface area contributed by atoms with Crippen molar-refractivity contribution in [2.24, 2.45) is 0 Å². The Morgan fingerprint density at radius 3 is 2.95 bits per heavy atom. The number of anilines is 1. The maximum absolute atomic E-state index is 11.2. The Morgan fingerprint density at radius 1 is 1.42 bits per heavy atom. The van der Waals surface area contributed by atoms with Crippen LogP contribution in [-0.4, -0.2) is 13.1 Å². The van der Waals surface area contributed by atoms with E-state index in [0.717, 1.165) is 4.90 Å². The number of ether oxygens (including phenoxy) is 1. The molecular weight excluding hydrogens is 286 g/mol. The molecule has 1 heterocycles. The highest BCUT2D eigenvalue weighted by atomic mass is 35.5. The van der Waals surface area contributed by atoms with Gasteiger partial charge in [0, 0.05) is 15.6 Å². The fourth-order valence-corrected chi connectivity index (χ4v) is 2.58. The van der Waals surface area contributed by atoms with Crippen molar-refractivity contribution in [1.29, 1.82) is 0 Å². The second-order valence-electron chi connectivity index (χ2n) is 3.73. The summed E-state index contributed by atoms with van der Waals surface area (Å²) in [5.41, 5.74) is 6.51. The van der Waals surface area contributed by atoms with Gasteiger partial charge in [0.2, 0.25) is 5.76 Å². The Hall–Kier alpha value is -1.59. The maximum Gasteiger partial charge on any atom is 0.373 e. The fraction of sp³-hybridized carbons (Fsp3) is 0.154. The molecule has 19 heavy (non-hydrogen) atoms. The molecule has 0 aliphatic rings. The van der Waals surface area contributed by atoms with Gasteiger partial charge in [-0.3, -0.25) is 0 Å². The minimum absolute atomic E-state index is 0.192. The van der Waals surface area contributed by atoms with Gasteiger partial charge in [-0.05, 0) is 30.3 Å². The van der Waals surface area contributed by atoms with Crippen LogP contribution < -0.4 is 5.73 Å². The summed E-state index contributed by atoms with van der Waals surface area (Å²) in [7, 11) is 1.31. The molecule has 0 fully saturated rings. The zero-order chi connectivity index (χ0) is 13.8. The van der Waals surface area contributed by atoms with Gasteiger partial charge in [-0.25, -0.2) is 4.79 Å². The summed E-state index contributed by atoms with van der Waals surface area (Å²) in [5.74, 6) is 0.933. The Labute approximate surface area is 119 Å². The largest absolute Gasteiger partial charge is 0.463 e. The van der Waals surface area contributed by atoms with Gasteiger partial charge in [0.05, 0.1) is 12.9 Å². The fourth-order valence-electron chi connectivity index (χ4n) is 1.45. The Kier molecular flexibility index (Phi) is 4.39. The highest BCUT2D eigenvalue weighted by Crippen LogP contribution is 2.31. The molecule has 0 aliphatic heterocycles. The lowest BCUT2D eigenvalue weighted by atomic mass is 10.3. The third-order valence-corrected chi connectivity index (χ3v) is 3.72. The van der Waals surface area contributed by atoms with Crippen LogP contribution in [0.3, 0.4) is 0 Å². The first-order chi connectivity index (χ1) is 9.10. The Morgan fingerprint density at radius 2 is 2.21 bits per heavy atom. The van der Waals surface area contributed by atoms with Crippen LogP contribution in [0.1, 0.15) is 16.3 Å². The normalized spacial score (nSPS) is 10.4. The standard InChI is InChI=1S/C13H12ClNO3S/c1-17-13(16)11-5-3-9(18-11)7-19-12-6-8(14)2-4-10(12)15/h2-6H,7,15H2,1H3. The number of thioether (sulfide) groups is 1. The number of benzene rings is 1.